The van der Waals surface area contributed by atoms with Crippen LogP contribution in [0.25, 0.3) is 0 Å². The van der Waals surface area contributed by atoms with Crippen molar-refractivity contribution >= 4 is 5.78 Å². The van der Waals surface area contributed by atoms with Crippen LogP contribution in [-0.4, -0.2) is 18.4 Å². The van der Waals surface area contributed by atoms with Gasteiger partial charge in [-0.05, 0) is 12.3 Å². The van der Waals surface area contributed by atoms with Crippen molar-refractivity contribution in [1.29, 1.82) is 0 Å². The Morgan fingerprint density at radius 2 is 2.40 bits per heavy atom. The average Bonchev–Trinajstić information content (AvgIpc) is 2.15. The van der Waals surface area contributed by atoms with E-state index in [2.05, 4.69) is 19.2 Å². The molecule has 1 heterocycles. The number of nitrogens with one attached hydrogen (secondary N) is 1. The number of Topliss-reactive ketones (excluding diaryl/α,β-unsaturated/α-hetero) is 1. The lowest BCUT2D eigenvalue weighted by Gasteiger charge is -2.10. The van der Waals surface area contributed by atoms with Gasteiger partial charge in [0.1, 0.15) is 0 Å². The molecule has 0 spiro atoms. The summed E-state index contributed by atoms with van der Waals surface area (Å²) in [5.41, 5.74) is 0. The van der Waals surface area contributed by atoms with E-state index in [1.165, 1.54) is 0 Å². The molecule has 1 atom stereocenters. The number of hydrogen-bond donors (Lipinski definition) is 1. The Kier molecular flexibility index (Phi) is 2.44. The normalized spacial score (nSPS) is 26.3. The minimum Gasteiger partial charge on any atom is -0.307 e. The van der Waals surface area contributed by atoms with Crippen molar-refractivity contribution in [2.24, 2.45) is 5.92 Å². The van der Waals surface area contributed by atoms with Gasteiger partial charge in [0.2, 0.25) is 0 Å². The summed E-state index contributed by atoms with van der Waals surface area (Å²) in [5.74, 6) is 1.02. The highest BCUT2D eigenvalue weighted by molar-refractivity contribution is 5.86. The third-order valence-electron chi connectivity index (χ3n) is 1.86. The molecule has 0 saturated carbocycles. The van der Waals surface area contributed by atoms with Gasteiger partial charge in [0, 0.05) is 13.0 Å². The highest BCUT2D eigenvalue weighted by atomic mass is 16.1. The van der Waals surface area contributed by atoms with Gasteiger partial charge < -0.3 is 5.32 Å². The van der Waals surface area contributed by atoms with Gasteiger partial charge in [-0.15, -0.1) is 0 Å². The molecule has 2 nitrogen and oxygen atoms in total. The Morgan fingerprint density at radius 1 is 1.70 bits per heavy atom. The first-order chi connectivity index (χ1) is 4.70. The Labute approximate surface area is 62.0 Å². The molecule has 1 rings (SSSR count). The van der Waals surface area contributed by atoms with Gasteiger partial charge >= 0.3 is 0 Å². The standard InChI is InChI=1S/C8H15NO/c1-6(2)5-7-8(10)3-4-9-7/h6-7,9H,3-5H2,1-2H3/t7-/m0/s1. The molecule has 2 heteroatoms. The molecule has 0 aliphatic carbocycles. The number of carbonyl (C=O) groups is 1. The molecule has 0 amide bonds. The van der Waals surface area contributed by atoms with Crippen LogP contribution in [0.1, 0.15) is 26.7 Å². The van der Waals surface area contributed by atoms with E-state index in [9.17, 15) is 4.79 Å². The SMILES string of the molecule is CC(C)C[C@@H]1NCCC1=O. The van der Waals surface area contributed by atoms with Crippen molar-refractivity contribution in [3.63, 3.8) is 0 Å². The molecule has 0 aromatic carbocycles. The minimum absolute atomic E-state index is 0.167. The third-order valence-corrected chi connectivity index (χ3v) is 1.86. The highest BCUT2D eigenvalue weighted by Gasteiger charge is 2.23. The van der Waals surface area contributed by atoms with E-state index in [1.54, 1.807) is 0 Å². The lowest BCUT2D eigenvalue weighted by molar-refractivity contribution is -0.118. The smallest absolute Gasteiger partial charge is 0.151 e. The van der Waals surface area contributed by atoms with E-state index >= 15 is 0 Å². The number of ketones is 1. The second-order valence-corrected chi connectivity index (χ2v) is 3.35. The summed E-state index contributed by atoms with van der Waals surface area (Å²) >= 11 is 0. The van der Waals surface area contributed by atoms with Crippen LogP contribution in [0, 0.1) is 5.92 Å². The van der Waals surface area contributed by atoms with E-state index in [1.807, 2.05) is 0 Å². The predicted molar refractivity (Wildman–Crippen MR) is 40.9 cm³/mol. The van der Waals surface area contributed by atoms with Crippen molar-refractivity contribution in [2.75, 3.05) is 6.54 Å². The molecule has 0 aromatic rings. The van der Waals surface area contributed by atoms with E-state index in [-0.39, 0.29) is 6.04 Å². The summed E-state index contributed by atoms with van der Waals surface area (Å²) in [6.45, 7) is 5.18. The van der Waals surface area contributed by atoms with Gasteiger partial charge in [0.05, 0.1) is 6.04 Å². The molecule has 0 bridgehead atoms. The van der Waals surface area contributed by atoms with E-state index < -0.39 is 0 Å². The van der Waals surface area contributed by atoms with Gasteiger partial charge in [0.25, 0.3) is 0 Å². The number of carbonyl (C=O) groups excluding carboxylic acids is 1. The van der Waals surface area contributed by atoms with Crippen molar-refractivity contribution in [1.82, 2.24) is 5.32 Å². The van der Waals surface area contributed by atoms with Gasteiger partial charge in [-0.25, -0.2) is 0 Å². The van der Waals surface area contributed by atoms with Gasteiger partial charge in [-0.2, -0.15) is 0 Å². The molecule has 1 saturated heterocycles. The first-order valence-electron chi connectivity index (χ1n) is 3.96. The van der Waals surface area contributed by atoms with Crippen LogP contribution < -0.4 is 5.32 Å². The lowest BCUT2D eigenvalue weighted by Crippen LogP contribution is -2.28. The summed E-state index contributed by atoms with van der Waals surface area (Å²) in [7, 11) is 0. The summed E-state index contributed by atoms with van der Waals surface area (Å²) in [6.07, 6.45) is 1.73. The fraction of sp³-hybridized carbons (Fsp3) is 0.875. The zero-order valence-corrected chi connectivity index (χ0v) is 6.68. The Balaban J connectivity index is 2.33. The van der Waals surface area contributed by atoms with Crippen LogP contribution in [0.15, 0.2) is 0 Å². The summed E-state index contributed by atoms with van der Waals surface area (Å²) in [4.78, 5) is 11.0. The van der Waals surface area contributed by atoms with Gasteiger partial charge in [-0.1, -0.05) is 13.8 Å². The van der Waals surface area contributed by atoms with Crippen molar-refractivity contribution < 1.29 is 4.79 Å². The molecule has 0 aromatic heterocycles. The largest absolute Gasteiger partial charge is 0.307 e. The number of rotatable bonds is 2. The fourth-order valence-electron chi connectivity index (χ4n) is 1.34. The summed E-state index contributed by atoms with van der Waals surface area (Å²) < 4.78 is 0. The molecule has 1 fully saturated rings. The van der Waals surface area contributed by atoms with Crippen LogP contribution in [0.3, 0.4) is 0 Å². The second kappa shape index (κ2) is 3.15. The van der Waals surface area contributed by atoms with Gasteiger partial charge in [-0.3, -0.25) is 4.79 Å². The van der Waals surface area contributed by atoms with Crippen LogP contribution in [0.5, 0.6) is 0 Å². The Hall–Kier alpha value is -0.370. The Bertz CT molecular complexity index is 131. The molecule has 0 radical (unpaired) electrons. The molecule has 1 aliphatic heterocycles. The minimum atomic E-state index is 0.167. The zero-order chi connectivity index (χ0) is 7.56. The van der Waals surface area contributed by atoms with Crippen molar-refractivity contribution in [3.8, 4) is 0 Å². The van der Waals surface area contributed by atoms with E-state index in [0.717, 1.165) is 19.4 Å². The maximum atomic E-state index is 11.0. The fourth-order valence-corrected chi connectivity index (χ4v) is 1.34. The summed E-state index contributed by atoms with van der Waals surface area (Å²) in [6, 6.07) is 0.167. The quantitative estimate of drug-likeness (QED) is 0.620. The lowest BCUT2D eigenvalue weighted by atomic mass is 10.0. The summed E-state index contributed by atoms with van der Waals surface area (Å²) in [5, 5.41) is 3.19. The molecular formula is C8H15NO. The van der Waals surface area contributed by atoms with Crippen LogP contribution in [0.4, 0.5) is 0 Å². The topological polar surface area (TPSA) is 29.1 Å². The Morgan fingerprint density at radius 3 is 2.80 bits per heavy atom. The monoisotopic (exact) mass is 141 g/mol. The van der Waals surface area contributed by atoms with Crippen LogP contribution in [0.2, 0.25) is 0 Å². The van der Waals surface area contributed by atoms with E-state index in [0.29, 0.717) is 11.7 Å². The molecular weight excluding hydrogens is 126 g/mol. The molecule has 1 N–H and O–H groups in total. The molecule has 10 heavy (non-hydrogen) atoms. The third kappa shape index (κ3) is 1.81. The maximum absolute atomic E-state index is 11.0. The van der Waals surface area contributed by atoms with Crippen LogP contribution in [-0.2, 0) is 4.79 Å². The molecule has 0 unspecified atom stereocenters. The molecule has 1 aliphatic rings. The first-order valence-corrected chi connectivity index (χ1v) is 3.96. The second-order valence-electron chi connectivity index (χ2n) is 3.35. The average molecular weight is 141 g/mol. The van der Waals surface area contributed by atoms with E-state index in [4.69, 9.17) is 0 Å². The predicted octanol–water partition coefficient (Wildman–Crippen LogP) is 0.964. The highest BCUT2D eigenvalue weighted by Crippen LogP contribution is 2.10. The van der Waals surface area contributed by atoms with Crippen LogP contribution >= 0.6 is 0 Å². The van der Waals surface area contributed by atoms with Gasteiger partial charge in [0.15, 0.2) is 5.78 Å². The van der Waals surface area contributed by atoms with Crippen molar-refractivity contribution in [2.45, 2.75) is 32.7 Å². The zero-order valence-electron chi connectivity index (χ0n) is 6.68. The number of hydrogen-bond acceptors (Lipinski definition) is 2. The van der Waals surface area contributed by atoms with Crippen molar-refractivity contribution in [3.05, 3.63) is 0 Å². The maximum Gasteiger partial charge on any atom is 0.151 e. The first kappa shape index (κ1) is 7.73. The molecule has 58 valence electrons.